The number of hydrogen-bond acceptors (Lipinski definition) is 7. The fourth-order valence-corrected chi connectivity index (χ4v) is 3.23. The molecule has 11 heteroatoms. The first-order valence-corrected chi connectivity index (χ1v) is 10.1. The van der Waals surface area contributed by atoms with Gasteiger partial charge in [-0.15, -0.1) is 0 Å². The summed E-state index contributed by atoms with van der Waals surface area (Å²) < 4.78 is 0. The molecule has 1 aliphatic rings. The predicted octanol–water partition coefficient (Wildman–Crippen LogP) is -1.88. The summed E-state index contributed by atoms with van der Waals surface area (Å²) in [5.74, 6) is -2.24. The molecule has 0 saturated carbocycles. The monoisotopic (exact) mass is 404 g/mol. The van der Waals surface area contributed by atoms with Crippen LogP contribution in [0, 0.1) is 0 Å². The molecule has 0 radical (unpaired) electrons. The Bertz CT molecular complexity index is 559. The Morgan fingerprint density at radius 2 is 1.96 bits per heavy atom. The van der Waals surface area contributed by atoms with Crippen molar-refractivity contribution in [2.45, 2.75) is 50.4 Å². The van der Waals surface area contributed by atoms with Gasteiger partial charge in [0.2, 0.25) is 17.7 Å². The van der Waals surface area contributed by atoms with Crippen LogP contribution < -0.4 is 16.4 Å². The Kier molecular flexibility index (Phi) is 9.53. The van der Waals surface area contributed by atoms with Crippen molar-refractivity contribution in [3.05, 3.63) is 0 Å². The van der Waals surface area contributed by atoms with Crippen molar-refractivity contribution in [2.75, 3.05) is 25.1 Å². The van der Waals surface area contributed by atoms with Gasteiger partial charge in [0.15, 0.2) is 0 Å². The molecule has 1 saturated heterocycles. The number of nitrogens with zero attached hydrogens (tertiary/aromatic N) is 1. The number of rotatable bonds is 10. The van der Waals surface area contributed by atoms with Crippen LogP contribution in [-0.2, 0) is 19.2 Å². The maximum atomic E-state index is 12.3. The SMILES string of the molecule is CSCCC(N)C(=O)NC(C(=O)NCC(=O)N1CCCC1C(=O)O)C(C)O. The van der Waals surface area contributed by atoms with Crippen molar-refractivity contribution in [1.82, 2.24) is 15.5 Å². The summed E-state index contributed by atoms with van der Waals surface area (Å²) in [5.41, 5.74) is 5.75. The molecular formula is C16H28N4O6S. The Labute approximate surface area is 162 Å². The van der Waals surface area contributed by atoms with Crippen molar-refractivity contribution in [3.8, 4) is 0 Å². The normalized spacial score (nSPS) is 19.9. The average molecular weight is 404 g/mol. The minimum absolute atomic E-state index is 0.312. The van der Waals surface area contributed by atoms with E-state index in [1.54, 1.807) is 0 Å². The van der Waals surface area contributed by atoms with E-state index in [-0.39, 0.29) is 0 Å². The molecular weight excluding hydrogens is 376 g/mol. The van der Waals surface area contributed by atoms with Crippen molar-refractivity contribution in [2.24, 2.45) is 5.73 Å². The number of carboxylic acid groups (broad SMARTS) is 1. The summed E-state index contributed by atoms with van der Waals surface area (Å²) in [7, 11) is 0. The van der Waals surface area contributed by atoms with Crippen molar-refractivity contribution >= 4 is 35.5 Å². The molecule has 0 aromatic heterocycles. The zero-order valence-electron chi connectivity index (χ0n) is 15.5. The van der Waals surface area contributed by atoms with Gasteiger partial charge in [0, 0.05) is 6.54 Å². The fraction of sp³-hybridized carbons (Fsp3) is 0.750. The highest BCUT2D eigenvalue weighted by Crippen LogP contribution is 2.17. The predicted molar refractivity (Wildman–Crippen MR) is 100.0 cm³/mol. The fourth-order valence-electron chi connectivity index (χ4n) is 2.74. The third kappa shape index (κ3) is 7.00. The number of carbonyl (C=O) groups excluding carboxylic acids is 3. The van der Waals surface area contributed by atoms with Gasteiger partial charge in [0.25, 0.3) is 0 Å². The van der Waals surface area contributed by atoms with Gasteiger partial charge < -0.3 is 31.5 Å². The molecule has 0 spiro atoms. The van der Waals surface area contributed by atoms with E-state index in [1.165, 1.54) is 23.6 Å². The van der Waals surface area contributed by atoms with Gasteiger partial charge in [-0.25, -0.2) is 4.79 Å². The summed E-state index contributed by atoms with van der Waals surface area (Å²) in [4.78, 5) is 48.9. The molecule has 154 valence electrons. The number of nitrogens with two attached hydrogens (primary N) is 1. The quantitative estimate of drug-likeness (QED) is 0.283. The van der Waals surface area contributed by atoms with Gasteiger partial charge in [0.1, 0.15) is 12.1 Å². The second-order valence-corrected chi connectivity index (χ2v) is 7.40. The highest BCUT2D eigenvalue weighted by molar-refractivity contribution is 7.98. The van der Waals surface area contributed by atoms with Crippen molar-refractivity contribution in [1.29, 1.82) is 0 Å². The number of aliphatic carboxylic acids is 1. The van der Waals surface area contributed by atoms with Crippen LogP contribution in [0.2, 0.25) is 0 Å². The second-order valence-electron chi connectivity index (χ2n) is 6.42. The first-order valence-electron chi connectivity index (χ1n) is 8.72. The molecule has 1 fully saturated rings. The molecule has 4 unspecified atom stereocenters. The minimum Gasteiger partial charge on any atom is -0.480 e. The molecule has 1 rings (SSSR count). The van der Waals surface area contributed by atoms with E-state index < -0.39 is 54.5 Å². The molecule has 10 nitrogen and oxygen atoms in total. The number of aliphatic hydroxyl groups is 1. The number of likely N-dealkylation sites (tertiary alicyclic amines) is 1. The van der Waals surface area contributed by atoms with Crippen LogP contribution in [0.1, 0.15) is 26.2 Å². The van der Waals surface area contributed by atoms with Crippen LogP contribution in [0.3, 0.4) is 0 Å². The Hall–Kier alpha value is -1.85. The van der Waals surface area contributed by atoms with E-state index in [1.807, 2.05) is 6.26 Å². The molecule has 0 aromatic rings. The molecule has 0 aliphatic carbocycles. The van der Waals surface area contributed by atoms with Crippen molar-refractivity contribution in [3.63, 3.8) is 0 Å². The van der Waals surface area contributed by atoms with Crippen LogP contribution in [0.25, 0.3) is 0 Å². The summed E-state index contributed by atoms with van der Waals surface area (Å²) in [6.07, 6.45) is 2.05. The molecule has 6 N–H and O–H groups in total. The lowest BCUT2D eigenvalue weighted by atomic mass is 10.1. The molecule has 4 atom stereocenters. The third-order valence-corrected chi connectivity index (χ3v) is 4.95. The Balaban J connectivity index is 2.59. The van der Waals surface area contributed by atoms with Gasteiger partial charge in [-0.2, -0.15) is 11.8 Å². The van der Waals surface area contributed by atoms with Gasteiger partial charge in [0.05, 0.1) is 18.7 Å². The van der Waals surface area contributed by atoms with Gasteiger partial charge in [-0.05, 0) is 38.2 Å². The zero-order chi connectivity index (χ0) is 20.6. The topological polar surface area (TPSA) is 162 Å². The summed E-state index contributed by atoms with van der Waals surface area (Å²) in [5, 5.41) is 23.6. The number of carbonyl (C=O) groups is 4. The van der Waals surface area contributed by atoms with E-state index in [0.717, 1.165) is 0 Å². The zero-order valence-corrected chi connectivity index (χ0v) is 16.3. The average Bonchev–Trinajstić information content (AvgIpc) is 3.11. The molecule has 1 heterocycles. The van der Waals surface area contributed by atoms with Gasteiger partial charge in [-0.3, -0.25) is 14.4 Å². The number of amides is 3. The van der Waals surface area contributed by atoms with Crippen LogP contribution >= 0.6 is 11.8 Å². The van der Waals surface area contributed by atoms with Crippen LogP contribution in [0.15, 0.2) is 0 Å². The lowest BCUT2D eigenvalue weighted by Gasteiger charge is -2.24. The minimum atomic E-state index is -1.26. The van der Waals surface area contributed by atoms with E-state index in [2.05, 4.69) is 10.6 Å². The summed E-state index contributed by atoms with van der Waals surface area (Å²) >= 11 is 1.53. The maximum absolute atomic E-state index is 12.3. The highest BCUT2D eigenvalue weighted by Gasteiger charge is 2.34. The number of hydrogen-bond donors (Lipinski definition) is 5. The number of thioether (sulfide) groups is 1. The molecule has 0 bridgehead atoms. The van der Waals surface area contributed by atoms with Crippen LogP contribution in [0.4, 0.5) is 0 Å². The maximum Gasteiger partial charge on any atom is 0.326 e. The van der Waals surface area contributed by atoms with E-state index in [9.17, 15) is 24.3 Å². The Morgan fingerprint density at radius 1 is 1.30 bits per heavy atom. The molecule has 0 aromatic carbocycles. The smallest absolute Gasteiger partial charge is 0.326 e. The largest absolute Gasteiger partial charge is 0.480 e. The molecule has 1 aliphatic heterocycles. The van der Waals surface area contributed by atoms with Crippen molar-refractivity contribution < 1.29 is 29.4 Å². The summed E-state index contributed by atoms with van der Waals surface area (Å²) in [6, 6.07) is -2.97. The lowest BCUT2D eigenvalue weighted by molar-refractivity contribution is -0.148. The lowest BCUT2D eigenvalue weighted by Crippen LogP contribution is -2.57. The number of aliphatic hydroxyl groups excluding tert-OH is 1. The first-order chi connectivity index (χ1) is 12.7. The summed E-state index contributed by atoms with van der Waals surface area (Å²) in [6.45, 7) is 1.23. The third-order valence-electron chi connectivity index (χ3n) is 4.30. The van der Waals surface area contributed by atoms with Crippen LogP contribution in [-0.4, -0.2) is 88.1 Å². The molecule has 3 amide bonds. The number of carboxylic acids is 1. The second kappa shape index (κ2) is 11.1. The van der Waals surface area contributed by atoms with E-state index in [4.69, 9.17) is 10.8 Å². The highest BCUT2D eigenvalue weighted by atomic mass is 32.2. The standard InChI is InChI=1S/C16H28N4O6S/c1-9(21)13(19-14(23)10(17)5-7-27-2)15(24)18-8-12(22)20-6-3-4-11(20)16(25)26/h9-11,13,21H,3-8,17H2,1-2H3,(H,18,24)(H,19,23)(H,25,26). The first kappa shape index (κ1) is 23.2. The van der Waals surface area contributed by atoms with E-state index in [0.29, 0.717) is 31.6 Å². The Morgan fingerprint density at radius 3 is 2.52 bits per heavy atom. The van der Waals surface area contributed by atoms with Crippen LogP contribution in [0.5, 0.6) is 0 Å². The van der Waals surface area contributed by atoms with Gasteiger partial charge in [-0.1, -0.05) is 0 Å². The molecule has 27 heavy (non-hydrogen) atoms. The van der Waals surface area contributed by atoms with Gasteiger partial charge >= 0.3 is 5.97 Å². The number of nitrogens with one attached hydrogen (secondary N) is 2. The van der Waals surface area contributed by atoms with E-state index >= 15 is 0 Å².